The standard InChI is InChI=1S/C14H13IOS/c15-14-9-12(10-17-14)13(16)8-4-7-11-5-2-1-3-6-11/h1-3,5-6,9-10H,4,7-8H2. The molecule has 17 heavy (non-hydrogen) atoms. The highest BCUT2D eigenvalue weighted by Crippen LogP contribution is 2.18. The second-order valence-corrected chi connectivity index (χ2v) is 6.71. The summed E-state index contributed by atoms with van der Waals surface area (Å²) in [7, 11) is 0. The summed E-state index contributed by atoms with van der Waals surface area (Å²) in [6.07, 6.45) is 2.55. The molecule has 2 aromatic rings. The molecule has 0 atom stereocenters. The van der Waals surface area contributed by atoms with E-state index < -0.39 is 0 Å². The molecule has 0 radical (unpaired) electrons. The lowest BCUT2D eigenvalue weighted by Crippen LogP contribution is -1.98. The van der Waals surface area contributed by atoms with E-state index >= 15 is 0 Å². The molecule has 0 fully saturated rings. The van der Waals surface area contributed by atoms with Crippen LogP contribution in [0.4, 0.5) is 0 Å². The van der Waals surface area contributed by atoms with Crippen molar-refractivity contribution in [2.45, 2.75) is 19.3 Å². The number of hydrogen-bond donors (Lipinski definition) is 0. The molecule has 0 aliphatic rings. The predicted octanol–water partition coefficient (Wildman–Crippen LogP) is 4.56. The molecule has 1 heterocycles. The second-order valence-electron chi connectivity index (χ2n) is 3.90. The minimum absolute atomic E-state index is 0.264. The maximum absolute atomic E-state index is 11.9. The van der Waals surface area contributed by atoms with E-state index in [1.807, 2.05) is 29.6 Å². The lowest BCUT2D eigenvalue weighted by Gasteiger charge is -2.00. The van der Waals surface area contributed by atoms with Crippen LogP contribution in [0.3, 0.4) is 0 Å². The van der Waals surface area contributed by atoms with Crippen molar-refractivity contribution >= 4 is 39.7 Å². The van der Waals surface area contributed by atoms with Gasteiger partial charge in [-0.15, -0.1) is 11.3 Å². The van der Waals surface area contributed by atoms with Gasteiger partial charge in [-0.2, -0.15) is 0 Å². The van der Waals surface area contributed by atoms with Gasteiger partial charge in [0, 0.05) is 17.4 Å². The number of thiophene rings is 1. The fourth-order valence-electron chi connectivity index (χ4n) is 1.70. The summed E-state index contributed by atoms with van der Waals surface area (Å²) < 4.78 is 1.18. The Morgan fingerprint density at radius 2 is 2.00 bits per heavy atom. The van der Waals surface area contributed by atoms with Crippen molar-refractivity contribution in [1.82, 2.24) is 0 Å². The van der Waals surface area contributed by atoms with Gasteiger partial charge in [0.15, 0.2) is 5.78 Å². The summed E-state index contributed by atoms with van der Waals surface area (Å²) in [6, 6.07) is 12.3. The van der Waals surface area contributed by atoms with Crippen LogP contribution in [0.15, 0.2) is 41.8 Å². The van der Waals surface area contributed by atoms with E-state index in [0.717, 1.165) is 18.4 Å². The molecule has 1 aromatic carbocycles. The van der Waals surface area contributed by atoms with Crippen LogP contribution >= 0.6 is 33.9 Å². The SMILES string of the molecule is O=C(CCCc1ccccc1)c1csc(I)c1. The molecule has 0 aliphatic heterocycles. The summed E-state index contributed by atoms with van der Waals surface area (Å²) in [5, 5.41) is 1.95. The summed E-state index contributed by atoms with van der Waals surface area (Å²) >= 11 is 3.88. The largest absolute Gasteiger partial charge is 0.294 e. The lowest BCUT2D eigenvalue weighted by atomic mass is 10.0. The number of hydrogen-bond acceptors (Lipinski definition) is 2. The van der Waals surface area contributed by atoms with E-state index in [1.54, 1.807) is 11.3 Å². The molecule has 88 valence electrons. The minimum Gasteiger partial charge on any atom is -0.294 e. The molecule has 1 nitrogen and oxygen atoms in total. The average molecular weight is 356 g/mol. The first-order chi connectivity index (χ1) is 8.25. The van der Waals surface area contributed by atoms with Gasteiger partial charge in [-0.25, -0.2) is 0 Å². The number of carbonyl (C=O) groups excluding carboxylic acids is 1. The summed E-state index contributed by atoms with van der Waals surface area (Å²) in [6.45, 7) is 0. The Kier molecular flexibility index (Phi) is 4.74. The van der Waals surface area contributed by atoms with E-state index in [2.05, 4.69) is 34.7 Å². The quantitative estimate of drug-likeness (QED) is 0.567. The topological polar surface area (TPSA) is 17.1 Å². The molecule has 0 N–H and O–H groups in total. The lowest BCUT2D eigenvalue weighted by molar-refractivity contribution is 0.0980. The second kappa shape index (κ2) is 6.31. The van der Waals surface area contributed by atoms with Crippen LogP contribution in [0.1, 0.15) is 28.8 Å². The third-order valence-electron chi connectivity index (χ3n) is 2.60. The van der Waals surface area contributed by atoms with Crippen molar-refractivity contribution < 1.29 is 4.79 Å². The molecule has 1 aromatic heterocycles. The third-order valence-corrected chi connectivity index (χ3v) is 4.39. The van der Waals surface area contributed by atoms with E-state index in [0.29, 0.717) is 6.42 Å². The molecule has 0 saturated carbocycles. The number of aryl methyl sites for hydroxylation is 1. The molecular formula is C14H13IOS. The van der Waals surface area contributed by atoms with Crippen molar-refractivity contribution in [2.24, 2.45) is 0 Å². The molecule has 3 heteroatoms. The van der Waals surface area contributed by atoms with E-state index in [9.17, 15) is 4.79 Å². The van der Waals surface area contributed by atoms with E-state index in [4.69, 9.17) is 0 Å². The Labute approximate surface area is 119 Å². The number of carbonyl (C=O) groups is 1. The van der Waals surface area contributed by atoms with Crippen LogP contribution in [0.5, 0.6) is 0 Å². The monoisotopic (exact) mass is 356 g/mol. The number of Topliss-reactive ketones (excluding diaryl/α,β-unsaturated/α-hetero) is 1. The number of halogens is 1. The van der Waals surface area contributed by atoms with Crippen molar-refractivity contribution in [1.29, 1.82) is 0 Å². The van der Waals surface area contributed by atoms with Crippen LogP contribution in [0.25, 0.3) is 0 Å². The number of rotatable bonds is 5. The van der Waals surface area contributed by atoms with Gasteiger partial charge >= 0.3 is 0 Å². The van der Waals surface area contributed by atoms with Crippen molar-refractivity contribution in [2.75, 3.05) is 0 Å². The first-order valence-corrected chi connectivity index (χ1v) is 7.53. The predicted molar refractivity (Wildman–Crippen MR) is 80.7 cm³/mol. The van der Waals surface area contributed by atoms with E-state index in [-0.39, 0.29) is 5.78 Å². The van der Waals surface area contributed by atoms with Gasteiger partial charge < -0.3 is 0 Å². The molecule has 0 aliphatic carbocycles. The third kappa shape index (κ3) is 3.92. The molecule has 2 rings (SSSR count). The fraction of sp³-hybridized carbons (Fsp3) is 0.214. The molecule has 0 amide bonds. The van der Waals surface area contributed by atoms with Crippen LogP contribution < -0.4 is 0 Å². The Hall–Kier alpha value is -0.680. The minimum atomic E-state index is 0.264. The van der Waals surface area contributed by atoms with Gasteiger partial charge in [0.2, 0.25) is 0 Å². The summed E-state index contributed by atoms with van der Waals surface area (Å²) in [5.41, 5.74) is 2.17. The zero-order valence-electron chi connectivity index (χ0n) is 9.36. The summed E-state index contributed by atoms with van der Waals surface area (Å²) in [4.78, 5) is 11.9. The molecule has 0 saturated heterocycles. The van der Waals surface area contributed by atoms with Crippen molar-refractivity contribution in [3.8, 4) is 0 Å². The summed E-state index contributed by atoms with van der Waals surface area (Å²) in [5.74, 6) is 0.264. The fourth-order valence-corrected chi connectivity index (χ4v) is 3.05. The number of benzene rings is 1. The Balaban J connectivity index is 1.81. The Morgan fingerprint density at radius 1 is 1.24 bits per heavy atom. The highest BCUT2D eigenvalue weighted by molar-refractivity contribution is 14.1. The van der Waals surface area contributed by atoms with Gasteiger partial charge in [0.1, 0.15) is 0 Å². The van der Waals surface area contributed by atoms with Crippen LogP contribution in [0.2, 0.25) is 0 Å². The van der Waals surface area contributed by atoms with Gasteiger partial charge in [0.25, 0.3) is 0 Å². The van der Waals surface area contributed by atoms with Crippen molar-refractivity contribution in [3.05, 3.63) is 55.8 Å². The first-order valence-electron chi connectivity index (χ1n) is 5.57. The maximum Gasteiger partial charge on any atom is 0.163 e. The normalized spacial score (nSPS) is 10.4. The molecule has 0 spiro atoms. The average Bonchev–Trinajstić information content (AvgIpc) is 2.77. The van der Waals surface area contributed by atoms with E-state index in [1.165, 1.54) is 8.45 Å². The smallest absolute Gasteiger partial charge is 0.163 e. The Bertz CT molecular complexity index is 490. The molecule has 0 unspecified atom stereocenters. The molecular weight excluding hydrogens is 343 g/mol. The van der Waals surface area contributed by atoms with Gasteiger partial charge in [-0.1, -0.05) is 30.3 Å². The highest BCUT2D eigenvalue weighted by atomic mass is 127. The zero-order valence-corrected chi connectivity index (χ0v) is 12.3. The van der Waals surface area contributed by atoms with Crippen LogP contribution in [0, 0.1) is 2.88 Å². The zero-order chi connectivity index (χ0) is 12.1. The van der Waals surface area contributed by atoms with Gasteiger partial charge in [0.05, 0.1) is 2.88 Å². The van der Waals surface area contributed by atoms with Crippen molar-refractivity contribution in [3.63, 3.8) is 0 Å². The number of ketones is 1. The van der Waals surface area contributed by atoms with Gasteiger partial charge in [-0.3, -0.25) is 4.79 Å². The first kappa shape index (κ1) is 12.8. The van der Waals surface area contributed by atoms with Crippen LogP contribution in [-0.4, -0.2) is 5.78 Å². The highest BCUT2D eigenvalue weighted by Gasteiger charge is 2.07. The maximum atomic E-state index is 11.9. The Morgan fingerprint density at radius 3 is 2.65 bits per heavy atom. The van der Waals surface area contributed by atoms with Crippen LogP contribution in [-0.2, 0) is 6.42 Å². The van der Waals surface area contributed by atoms with Gasteiger partial charge in [-0.05, 0) is 47.1 Å². The molecule has 0 bridgehead atoms.